The first-order valence-corrected chi connectivity index (χ1v) is 11.4. The lowest BCUT2D eigenvalue weighted by atomic mass is 10.2. The van der Waals surface area contributed by atoms with Gasteiger partial charge in [-0.25, -0.2) is 14.6 Å². The lowest BCUT2D eigenvalue weighted by Crippen LogP contribution is -2.10. The number of aromatic nitrogens is 7. The summed E-state index contributed by atoms with van der Waals surface area (Å²) >= 11 is 0. The number of nitrogens with one attached hydrogen (secondary N) is 1. The second kappa shape index (κ2) is 9.51. The summed E-state index contributed by atoms with van der Waals surface area (Å²) in [5.41, 5.74) is 5.23. The van der Waals surface area contributed by atoms with E-state index in [0.717, 1.165) is 33.7 Å². The van der Waals surface area contributed by atoms with Crippen LogP contribution in [0, 0.1) is 13.8 Å². The zero-order valence-electron chi connectivity index (χ0n) is 19.8. The van der Waals surface area contributed by atoms with E-state index >= 15 is 0 Å². The van der Waals surface area contributed by atoms with Crippen LogP contribution in [0.4, 0.5) is 11.5 Å². The highest BCUT2D eigenvalue weighted by atomic mass is 16.5. The topological polar surface area (TPSA) is 116 Å². The fraction of sp³-hybridized carbons (Fsp3) is 0.240. The molecular formula is C25H26N8O2. The number of imidazole rings is 1. The number of pyridine rings is 1. The second-order valence-corrected chi connectivity index (χ2v) is 8.10. The molecule has 4 aromatic heterocycles. The van der Waals surface area contributed by atoms with E-state index in [-0.39, 0.29) is 6.61 Å². The minimum Gasteiger partial charge on any atom is -0.477 e. The molecule has 2 N–H and O–H groups in total. The Kier molecular flexibility index (Phi) is 6.11. The molecule has 0 saturated heterocycles. The first-order valence-electron chi connectivity index (χ1n) is 11.4. The highest BCUT2D eigenvalue weighted by Gasteiger charge is 2.15. The molecule has 178 valence electrons. The third-order valence-electron chi connectivity index (χ3n) is 5.54. The zero-order valence-corrected chi connectivity index (χ0v) is 19.8. The molecule has 0 aliphatic rings. The van der Waals surface area contributed by atoms with Crippen molar-refractivity contribution < 1.29 is 9.84 Å². The Hall–Kier alpha value is -4.31. The van der Waals surface area contributed by atoms with Crippen LogP contribution >= 0.6 is 0 Å². The van der Waals surface area contributed by atoms with E-state index in [1.807, 2.05) is 73.9 Å². The van der Waals surface area contributed by atoms with E-state index in [2.05, 4.69) is 25.6 Å². The Morgan fingerprint density at radius 2 is 1.91 bits per heavy atom. The molecule has 5 rings (SSSR count). The van der Waals surface area contributed by atoms with Gasteiger partial charge in [0.25, 0.3) is 0 Å². The number of benzene rings is 1. The molecule has 5 aromatic rings. The van der Waals surface area contributed by atoms with Crippen molar-refractivity contribution in [2.24, 2.45) is 0 Å². The molecule has 0 saturated carbocycles. The van der Waals surface area contributed by atoms with Gasteiger partial charge < -0.3 is 15.2 Å². The van der Waals surface area contributed by atoms with E-state index in [0.29, 0.717) is 36.4 Å². The summed E-state index contributed by atoms with van der Waals surface area (Å²) < 4.78 is 9.25. The molecule has 0 radical (unpaired) electrons. The molecule has 0 aliphatic carbocycles. The second-order valence-electron chi connectivity index (χ2n) is 8.10. The van der Waals surface area contributed by atoms with Gasteiger partial charge in [-0.3, -0.25) is 4.57 Å². The van der Waals surface area contributed by atoms with Crippen LogP contribution in [0.15, 0.2) is 54.9 Å². The van der Waals surface area contributed by atoms with Gasteiger partial charge in [0, 0.05) is 24.1 Å². The highest BCUT2D eigenvalue weighted by molar-refractivity contribution is 5.82. The summed E-state index contributed by atoms with van der Waals surface area (Å²) in [4.78, 5) is 9.49. The van der Waals surface area contributed by atoms with Crippen LogP contribution in [0.3, 0.4) is 0 Å². The fourth-order valence-electron chi connectivity index (χ4n) is 3.87. The zero-order chi connectivity index (χ0) is 24.4. The van der Waals surface area contributed by atoms with Crippen molar-refractivity contribution in [1.82, 2.24) is 34.5 Å². The van der Waals surface area contributed by atoms with Crippen molar-refractivity contribution in [2.45, 2.75) is 27.2 Å². The van der Waals surface area contributed by atoms with Gasteiger partial charge in [-0.15, -0.1) is 10.2 Å². The van der Waals surface area contributed by atoms with E-state index in [9.17, 15) is 5.11 Å². The van der Waals surface area contributed by atoms with Gasteiger partial charge >= 0.3 is 0 Å². The summed E-state index contributed by atoms with van der Waals surface area (Å²) in [6.45, 7) is 6.32. The average Bonchev–Trinajstić information content (AvgIpc) is 3.44. The van der Waals surface area contributed by atoms with E-state index in [4.69, 9.17) is 9.72 Å². The van der Waals surface area contributed by atoms with E-state index in [1.165, 1.54) is 0 Å². The molecule has 10 heteroatoms. The van der Waals surface area contributed by atoms with E-state index < -0.39 is 0 Å². The number of fused-ring (bicyclic) bond motifs is 1. The molecule has 0 bridgehead atoms. The lowest BCUT2D eigenvalue weighted by Gasteiger charge is -2.12. The lowest BCUT2D eigenvalue weighted by molar-refractivity contribution is 0.299. The first kappa shape index (κ1) is 22.5. The largest absolute Gasteiger partial charge is 0.477 e. The average molecular weight is 471 g/mol. The quantitative estimate of drug-likeness (QED) is 0.353. The number of hydrogen-bond donors (Lipinski definition) is 2. The molecule has 0 amide bonds. The van der Waals surface area contributed by atoms with Gasteiger partial charge in [0.05, 0.1) is 23.3 Å². The van der Waals surface area contributed by atoms with Gasteiger partial charge in [0.2, 0.25) is 5.88 Å². The first-order chi connectivity index (χ1) is 17.1. The standard InChI is InChI=1S/C25H26N8O2/c1-4-35-24-13-17(3)33(31-24)25-18(11-12-34)6-10-23(28-25)32-15-26-20-14-19(7-8-21(20)32)27-22-9-5-16(2)29-30-22/h5-10,13-15,34H,4,11-12H2,1-3H3,(H,27,30). The van der Waals surface area contributed by atoms with Crippen LogP contribution in [0.5, 0.6) is 5.88 Å². The predicted molar refractivity (Wildman–Crippen MR) is 133 cm³/mol. The number of ether oxygens (including phenoxy) is 1. The van der Waals surface area contributed by atoms with Crippen molar-refractivity contribution in [2.75, 3.05) is 18.5 Å². The van der Waals surface area contributed by atoms with Crippen molar-refractivity contribution >= 4 is 22.5 Å². The molecule has 0 spiro atoms. The number of hydrogen-bond acceptors (Lipinski definition) is 8. The SMILES string of the molecule is CCOc1cc(C)n(-c2nc(-n3cnc4cc(Nc5ccc(C)nn5)ccc43)ccc2CCO)n1. The van der Waals surface area contributed by atoms with Crippen LogP contribution in [0.2, 0.25) is 0 Å². The minimum absolute atomic E-state index is 0.0157. The molecule has 4 heterocycles. The smallest absolute Gasteiger partial charge is 0.233 e. The fourth-order valence-corrected chi connectivity index (χ4v) is 3.87. The number of anilines is 2. The molecule has 1 aromatic carbocycles. The van der Waals surface area contributed by atoms with Crippen LogP contribution in [0.1, 0.15) is 23.9 Å². The maximum Gasteiger partial charge on any atom is 0.233 e. The summed E-state index contributed by atoms with van der Waals surface area (Å²) in [6.07, 6.45) is 2.22. The third kappa shape index (κ3) is 4.56. The summed E-state index contributed by atoms with van der Waals surface area (Å²) in [5, 5.41) is 25.6. The van der Waals surface area contributed by atoms with Crippen molar-refractivity contribution in [1.29, 1.82) is 0 Å². The van der Waals surface area contributed by atoms with Crippen LogP contribution in [-0.2, 0) is 6.42 Å². The number of aliphatic hydroxyl groups excluding tert-OH is 1. The Balaban J connectivity index is 1.51. The van der Waals surface area contributed by atoms with Gasteiger partial charge in [-0.2, -0.15) is 5.10 Å². The van der Waals surface area contributed by atoms with Gasteiger partial charge in [0.15, 0.2) is 11.6 Å². The number of aliphatic hydroxyl groups is 1. The summed E-state index contributed by atoms with van der Waals surface area (Å²) in [5.74, 6) is 2.56. The Labute approximate surface area is 202 Å². The van der Waals surface area contributed by atoms with Crippen molar-refractivity contribution in [3.8, 4) is 17.5 Å². The molecule has 0 fully saturated rings. The van der Waals surface area contributed by atoms with E-state index in [1.54, 1.807) is 11.0 Å². The monoisotopic (exact) mass is 470 g/mol. The molecule has 0 unspecified atom stereocenters. The van der Waals surface area contributed by atoms with Crippen molar-refractivity contribution in [3.05, 3.63) is 71.8 Å². The van der Waals surface area contributed by atoms with Crippen LogP contribution in [0.25, 0.3) is 22.7 Å². The summed E-state index contributed by atoms with van der Waals surface area (Å²) in [7, 11) is 0. The maximum absolute atomic E-state index is 9.58. The Morgan fingerprint density at radius 3 is 2.69 bits per heavy atom. The highest BCUT2D eigenvalue weighted by Crippen LogP contribution is 2.25. The number of nitrogens with zero attached hydrogens (tertiary/aromatic N) is 7. The predicted octanol–water partition coefficient (Wildman–Crippen LogP) is 3.69. The van der Waals surface area contributed by atoms with Gasteiger partial charge in [-0.1, -0.05) is 6.07 Å². The van der Waals surface area contributed by atoms with Crippen LogP contribution < -0.4 is 10.1 Å². The number of rotatable bonds is 8. The molecular weight excluding hydrogens is 444 g/mol. The molecule has 35 heavy (non-hydrogen) atoms. The normalized spacial score (nSPS) is 11.2. The maximum atomic E-state index is 9.58. The third-order valence-corrected chi connectivity index (χ3v) is 5.54. The Bertz CT molecular complexity index is 1470. The molecule has 0 aliphatic heterocycles. The Morgan fingerprint density at radius 1 is 1.03 bits per heavy atom. The van der Waals surface area contributed by atoms with Crippen LogP contribution in [-0.4, -0.2) is 52.8 Å². The van der Waals surface area contributed by atoms with Gasteiger partial charge in [0.1, 0.15) is 12.1 Å². The number of aryl methyl sites for hydroxylation is 2. The van der Waals surface area contributed by atoms with Crippen molar-refractivity contribution in [3.63, 3.8) is 0 Å². The minimum atomic E-state index is 0.0157. The molecule has 10 nitrogen and oxygen atoms in total. The summed E-state index contributed by atoms with van der Waals surface area (Å²) in [6, 6.07) is 15.5. The van der Waals surface area contributed by atoms with Gasteiger partial charge in [-0.05, 0) is 69.2 Å². The molecule has 0 atom stereocenters.